The highest BCUT2D eigenvalue weighted by molar-refractivity contribution is 6.30. The Bertz CT molecular complexity index is 1110. The molecule has 2 aromatic carbocycles. The molecule has 1 fully saturated rings. The number of imide groups is 1. The van der Waals surface area contributed by atoms with Crippen molar-refractivity contribution in [2.24, 2.45) is 0 Å². The van der Waals surface area contributed by atoms with Crippen molar-refractivity contribution in [2.45, 2.75) is 31.3 Å². The van der Waals surface area contributed by atoms with Crippen LogP contribution in [0.1, 0.15) is 42.5 Å². The van der Waals surface area contributed by atoms with Gasteiger partial charge in [-0.3, -0.25) is 9.59 Å². The Morgan fingerprint density at radius 2 is 1.43 bits per heavy atom. The van der Waals surface area contributed by atoms with Crippen LogP contribution in [-0.2, 0) is 9.59 Å². The third-order valence-electron chi connectivity index (χ3n) is 5.46. The summed E-state index contributed by atoms with van der Waals surface area (Å²) >= 11 is 12.1. The predicted molar refractivity (Wildman–Crippen MR) is 114 cm³/mol. The summed E-state index contributed by atoms with van der Waals surface area (Å²) in [6, 6.07) is 15.0. The molecule has 0 bridgehead atoms. The highest BCUT2D eigenvalue weighted by atomic mass is 35.5. The van der Waals surface area contributed by atoms with Crippen LogP contribution in [-0.4, -0.2) is 26.6 Å². The number of anilines is 2. The van der Waals surface area contributed by atoms with Crippen LogP contribution in [0, 0.1) is 0 Å². The van der Waals surface area contributed by atoms with Gasteiger partial charge in [-0.1, -0.05) is 47.5 Å². The molecule has 30 heavy (non-hydrogen) atoms. The molecular formula is C21H17Cl2N5O2. The number of aromatic nitrogens is 3. The molecule has 9 heteroatoms. The third-order valence-corrected chi connectivity index (χ3v) is 5.96. The zero-order chi connectivity index (χ0) is 20.8. The molecule has 1 saturated heterocycles. The smallest absolute Gasteiger partial charge is 0.260 e. The van der Waals surface area contributed by atoms with Gasteiger partial charge in [-0.15, -0.1) is 5.10 Å². The number of nitrogens with zero attached hydrogens (tertiary/aromatic N) is 4. The molecule has 0 radical (unpaired) electrons. The van der Waals surface area contributed by atoms with Gasteiger partial charge in [0, 0.05) is 22.9 Å². The standard InChI is InChI=1S/C21H17Cl2N5O2/c22-14-5-1-12(2-6-14)16-11-17(13-3-7-15(23)8-4-13)28-20(24-16)25-21(26-28)27-18(29)9-10-19(27)30/h1-8,16-17H,9-11H2,(H,24,25,26)/t16-,17+/m1/s1. The lowest BCUT2D eigenvalue weighted by molar-refractivity contribution is -0.121. The molecule has 1 N–H and O–H groups in total. The molecule has 152 valence electrons. The van der Waals surface area contributed by atoms with E-state index in [1.165, 1.54) is 0 Å². The van der Waals surface area contributed by atoms with E-state index in [1.54, 1.807) is 4.68 Å². The number of carbonyl (C=O) groups excluding carboxylic acids is 2. The Labute approximate surface area is 182 Å². The first-order valence-electron chi connectivity index (χ1n) is 9.59. The summed E-state index contributed by atoms with van der Waals surface area (Å²) in [5.41, 5.74) is 2.07. The average Bonchev–Trinajstić information content (AvgIpc) is 3.30. The lowest BCUT2D eigenvalue weighted by Gasteiger charge is -2.31. The van der Waals surface area contributed by atoms with Crippen LogP contribution in [0.2, 0.25) is 10.0 Å². The monoisotopic (exact) mass is 441 g/mol. The molecule has 2 aliphatic heterocycles. The van der Waals surface area contributed by atoms with Gasteiger partial charge in [0.1, 0.15) is 0 Å². The first kappa shape index (κ1) is 19.1. The fraction of sp³-hybridized carbons (Fsp3) is 0.238. The zero-order valence-electron chi connectivity index (χ0n) is 15.8. The van der Waals surface area contributed by atoms with Crippen LogP contribution >= 0.6 is 23.2 Å². The second-order valence-corrected chi connectivity index (χ2v) is 8.23. The van der Waals surface area contributed by atoms with Crippen molar-refractivity contribution < 1.29 is 9.59 Å². The largest absolute Gasteiger partial charge is 0.347 e. The van der Waals surface area contributed by atoms with Crippen LogP contribution in [0.15, 0.2) is 48.5 Å². The van der Waals surface area contributed by atoms with E-state index >= 15 is 0 Å². The fourth-order valence-electron chi connectivity index (χ4n) is 3.94. The Morgan fingerprint density at radius 3 is 2.03 bits per heavy atom. The van der Waals surface area contributed by atoms with Crippen LogP contribution in [0.4, 0.5) is 11.9 Å². The zero-order valence-corrected chi connectivity index (χ0v) is 17.3. The highest BCUT2D eigenvalue weighted by Gasteiger charge is 2.37. The van der Waals surface area contributed by atoms with Crippen LogP contribution < -0.4 is 10.2 Å². The van der Waals surface area contributed by atoms with E-state index in [0.29, 0.717) is 22.4 Å². The Balaban J connectivity index is 1.57. The van der Waals surface area contributed by atoms with Crippen LogP contribution in [0.5, 0.6) is 0 Å². The number of nitrogens with one attached hydrogen (secondary N) is 1. The molecule has 0 unspecified atom stereocenters. The Hall–Kier alpha value is -2.90. The molecule has 0 saturated carbocycles. The number of fused-ring (bicyclic) bond motifs is 1. The van der Waals surface area contributed by atoms with Gasteiger partial charge < -0.3 is 5.32 Å². The van der Waals surface area contributed by atoms with Crippen molar-refractivity contribution >= 4 is 46.9 Å². The SMILES string of the molecule is O=C1CCC(=O)N1c1nc2n(n1)[C@H](c1ccc(Cl)cc1)C[C@H](c1ccc(Cl)cc1)N2. The van der Waals surface area contributed by atoms with E-state index in [0.717, 1.165) is 16.0 Å². The highest BCUT2D eigenvalue weighted by Crippen LogP contribution is 2.39. The summed E-state index contributed by atoms with van der Waals surface area (Å²) in [5, 5.41) is 9.23. The van der Waals surface area contributed by atoms with Crippen molar-refractivity contribution in [3.05, 3.63) is 69.7 Å². The minimum absolute atomic E-state index is 0.0440. The molecule has 2 amide bonds. The van der Waals surface area contributed by atoms with Crippen molar-refractivity contribution in [3.63, 3.8) is 0 Å². The number of carbonyl (C=O) groups is 2. The summed E-state index contributed by atoms with van der Waals surface area (Å²) in [7, 11) is 0. The van der Waals surface area contributed by atoms with E-state index in [4.69, 9.17) is 23.2 Å². The number of halogens is 2. The molecule has 5 rings (SSSR count). The van der Waals surface area contributed by atoms with E-state index in [9.17, 15) is 9.59 Å². The first-order valence-corrected chi connectivity index (χ1v) is 10.3. The van der Waals surface area contributed by atoms with Gasteiger partial charge in [0.15, 0.2) is 0 Å². The minimum atomic E-state index is -0.278. The summed E-state index contributed by atoms with van der Waals surface area (Å²) < 4.78 is 1.74. The summed E-state index contributed by atoms with van der Waals surface area (Å²) in [5.74, 6) is 0.0600. The maximum Gasteiger partial charge on any atom is 0.260 e. The van der Waals surface area contributed by atoms with Gasteiger partial charge in [-0.2, -0.15) is 4.98 Å². The molecule has 0 aliphatic carbocycles. The number of hydrogen-bond donors (Lipinski definition) is 1. The van der Waals surface area contributed by atoms with Gasteiger partial charge in [0.25, 0.3) is 5.95 Å². The van der Waals surface area contributed by atoms with E-state index < -0.39 is 0 Å². The van der Waals surface area contributed by atoms with Crippen LogP contribution in [0.3, 0.4) is 0 Å². The van der Waals surface area contributed by atoms with Gasteiger partial charge in [0.05, 0.1) is 12.1 Å². The molecule has 2 atom stereocenters. The molecule has 3 heterocycles. The normalized spacial score (nSPS) is 20.9. The van der Waals surface area contributed by atoms with Crippen molar-refractivity contribution in [3.8, 4) is 0 Å². The second kappa shape index (κ2) is 7.41. The summed E-state index contributed by atoms with van der Waals surface area (Å²) in [6.07, 6.45) is 1.06. The number of amides is 2. The topological polar surface area (TPSA) is 80.1 Å². The lowest BCUT2D eigenvalue weighted by Crippen LogP contribution is -2.30. The van der Waals surface area contributed by atoms with E-state index in [1.807, 2.05) is 48.5 Å². The maximum absolute atomic E-state index is 12.2. The van der Waals surface area contributed by atoms with Gasteiger partial charge >= 0.3 is 0 Å². The molecule has 2 aliphatic rings. The fourth-order valence-corrected chi connectivity index (χ4v) is 4.19. The number of hydrogen-bond acceptors (Lipinski definition) is 5. The van der Waals surface area contributed by atoms with Crippen molar-refractivity contribution in [2.75, 3.05) is 10.2 Å². The van der Waals surface area contributed by atoms with E-state index in [2.05, 4.69) is 15.4 Å². The minimum Gasteiger partial charge on any atom is -0.347 e. The molecule has 7 nitrogen and oxygen atoms in total. The van der Waals surface area contributed by atoms with Gasteiger partial charge in [-0.25, -0.2) is 9.58 Å². The van der Waals surface area contributed by atoms with Crippen molar-refractivity contribution in [1.29, 1.82) is 0 Å². The summed E-state index contributed by atoms with van der Waals surface area (Å²) in [6.45, 7) is 0. The van der Waals surface area contributed by atoms with Crippen LogP contribution in [0.25, 0.3) is 0 Å². The van der Waals surface area contributed by atoms with Crippen molar-refractivity contribution in [1.82, 2.24) is 14.8 Å². The number of rotatable bonds is 3. The molecule has 0 spiro atoms. The quantitative estimate of drug-likeness (QED) is 0.609. The Kier molecular flexibility index (Phi) is 4.72. The van der Waals surface area contributed by atoms with E-state index in [-0.39, 0.29) is 42.7 Å². The number of benzene rings is 2. The predicted octanol–water partition coefficient (Wildman–Crippen LogP) is 4.38. The first-order chi connectivity index (χ1) is 14.5. The lowest BCUT2D eigenvalue weighted by atomic mass is 9.93. The summed E-state index contributed by atoms with van der Waals surface area (Å²) in [4.78, 5) is 29.9. The average molecular weight is 442 g/mol. The molecule has 3 aromatic rings. The van der Waals surface area contributed by atoms with Gasteiger partial charge in [-0.05, 0) is 41.8 Å². The maximum atomic E-state index is 12.2. The third kappa shape index (κ3) is 3.34. The molecule has 1 aromatic heterocycles. The Morgan fingerprint density at radius 1 is 0.867 bits per heavy atom. The van der Waals surface area contributed by atoms with Gasteiger partial charge in [0.2, 0.25) is 17.8 Å². The molecular weight excluding hydrogens is 425 g/mol. The second-order valence-electron chi connectivity index (χ2n) is 7.35.